The molecular formula is C9H16Br2. The van der Waals surface area contributed by atoms with Gasteiger partial charge in [-0.15, -0.1) is 6.58 Å². The number of alkyl halides is 2. The molecule has 2 heteroatoms. The molecule has 0 heterocycles. The van der Waals surface area contributed by atoms with Crippen molar-refractivity contribution in [3.8, 4) is 0 Å². The van der Waals surface area contributed by atoms with Crippen LogP contribution in [0.1, 0.15) is 33.6 Å². The Morgan fingerprint density at radius 2 is 2.00 bits per heavy atom. The summed E-state index contributed by atoms with van der Waals surface area (Å²) in [6, 6.07) is 0. The van der Waals surface area contributed by atoms with E-state index >= 15 is 0 Å². The van der Waals surface area contributed by atoms with Gasteiger partial charge in [0.2, 0.25) is 0 Å². The molecule has 0 aromatic heterocycles. The lowest BCUT2D eigenvalue weighted by Crippen LogP contribution is -2.23. The minimum absolute atomic E-state index is 0.183. The molecule has 66 valence electrons. The van der Waals surface area contributed by atoms with Gasteiger partial charge in [-0.1, -0.05) is 37.4 Å². The Hall–Kier alpha value is 0.700. The van der Waals surface area contributed by atoms with Crippen LogP contribution in [0.25, 0.3) is 0 Å². The molecule has 11 heavy (non-hydrogen) atoms. The van der Waals surface area contributed by atoms with Crippen molar-refractivity contribution in [3.05, 3.63) is 12.2 Å². The van der Waals surface area contributed by atoms with Gasteiger partial charge in [-0.05, 0) is 33.6 Å². The van der Waals surface area contributed by atoms with E-state index in [-0.39, 0.29) is 4.32 Å². The van der Waals surface area contributed by atoms with Crippen molar-refractivity contribution in [2.75, 3.05) is 0 Å². The second-order valence-electron chi connectivity index (χ2n) is 3.53. The van der Waals surface area contributed by atoms with Crippen LogP contribution in [0.15, 0.2) is 12.2 Å². The van der Waals surface area contributed by atoms with Gasteiger partial charge in [-0.3, -0.25) is 0 Å². The molecule has 0 nitrogen and oxygen atoms in total. The zero-order valence-electron chi connectivity index (χ0n) is 7.45. The smallest absolute Gasteiger partial charge is 0.0326 e. The third-order valence-corrected chi connectivity index (χ3v) is 4.34. The van der Waals surface area contributed by atoms with Crippen molar-refractivity contribution < 1.29 is 0 Å². The molecule has 1 atom stereocenters. The van der Waals surface area contributed by atoms with Crippen LogP contribution in [-0.4, -0.2) is 9.15 Å². The molecule has 0 aliphatic heterocycles. The van der Waals surface area contributed by atoms with Gasteiger partial charge >= 0.3 is 0 Å². The highest BCUT2D eigenvalue weighted by atomic mass is 79.9. The third kappa shape index (κ3) is 5.92. The molecule has 0 saturated heterocycles. The first kappa shape index (κ1) is 11.7. The van der Waals surface area contributed by atoms with E-state index in [1.165, 1.54) is 5.57 Å². The Kier molecular flexibility index (Phi) is 4.96. The van der Waals surface area contributed by atoms with E-state index in [9.17, 15) is 0 Å². The van der Waals surface area contributed by atoms with Crippen LogP contribution >= 0.6 is 31.9 Å². The topological polar surface area (TPSA) is 0 Å². The number of rotatable bonds is 4. The second-order valence-corrected chi connectivity index (χ2v) is 6.68. The van der Waals surface area contributed by atoms with Crippen LogP contribution in [0, 0.1) is 0 Å². The lowest BCUT2D eigenvalue weighted by Gasteiger charge is -2.23. The predicted octanol–water partition coefficient (Wildman–Crippen LogP) is 4.28. The molecule has 1 unspecified atom stereocenters. The normalized spacial score (nSPS) is 14.6. The summed E-state index contributed by atoms with van der Waals surface area (Å²) in [6.45, 7) is 10.3. The lowest BCUT2D eigenvalue weighted by atomic mass is 10.0. The molecule has 0 amide bonds. The summed E-state index contributed by atoms with van der Waals surface area (Å²) in [5.74, 6) is 0. The fourth-order valence-electron chi connectivity index (χ4n) is 0.716. The van der Waals surface area contributed by atoms with Crippen LogP contribution < -0.4 is 0 Å². The maximum Gasteiger partial charge on any atom is 0.0326 e. The van der Waals surface area contributed by atoms with E-state index in [1.807, 2.05) is 0 Å². The Labute approximate surface area is 86.7 Å². The number of allylic oxidation sites excluding steroid dienone is 1. The first-order chi connectivity index (χ1) is 4.84. The van der Waals surface area contributed by atoms with E-state index in [2.05, 4.69) is 59.2 Å². The zero-order valence-corrected chi connectivity index (χ0v) is 10.6. The van der Waals surface area contributed by atoms with Crippen molar-refractivity contribution in [3.63, 3.8) is 0 Å². The quantitative estimate of drug-likeness (QED) is 0.534. The monoisotopic (exact) mass is 282 g/mol. The van der Waals surface area contributed by atoms with E-state index in [1.54, 1.807) is 0 Å². The molecule has 0 saturated carbocycles. The lowest BCUT2D eigenvalue weighted by molar-refractivity contribution is 0.638. The van der Waals surface area contributed by atoms with E-state index in [4.69, 9.17) is 0 Å². The molecule has 0 rings (SSSR count). The first-order valence-corrected chi connectivity index (χ1v) is 5.52. The molecule has 0 aliphatic carbocycles. The molecule has 0 aliphatic rings. The van der Waals surface area contributed by atoms with Crippen molar-refractivity contribution in [1.82, 2.24) is 0 Å². The van der Waals surface area contributed by atoms with Crippen molar-refractivity contribution in [2.45, 2.75) is 42.8 Å². The van der Waals surface area contributed by atoms with Crippen molar-refractivity contribution >= 4 is 31.9 Å². The summed E-state index contributed by atoms with van der Waals surface area (Å²) < 4.78 is 0.183. The Balaban J connectivity index is 3.70. The van der Waals surface area contributed by atoms with Gasteiger partial charge in [0.1, 0.15) is 0 Å². The molecule has 0 bridgehead atoms. The maximum atomic E-state index is 3.87. The second kappa shape index (κ2) is 4.66. The van der Waals surface area contributed by atoms with E-state index in [0.717, 1.165) is 12.8 Å². The average molecular weight is 284 g/mol. The highest BCUT2D eigenvalue weighted by Gasteiger charge is 2.22. The molecule has 0 N–H and O–H groups in total. The number of hydrogen-bond acceptors (Lipinski definition) is 0. The Morgan fingerprint density at radius 3 is 2.27 bits per heavy atom. The highest BCUT2D eigenvalue weighted by molar-refractivity contribution is 9.12. The van der Waals surface area contributed by atoms with Crippen LogP contribution in [0.2, 0.25) is 0 Å². The van der Waals surface area contributed by atoms with Gasteiger partial charge in [0.15, 0.2) is 0 Å². The Morgan fingerprint density at radius 1 is 1.55 bits per heavy atom. The van der Waals surface area contributed by atoms with Crippen molar-refractivity contribution in [2.24, 2.45) is 0 Å². The first-order valence-electron chi connectivity index (χ1n) is 3.81. The number of halogens is 2. The minimum atomic E-state index is 0.183. The van der Waals surface area contributed by atoms with Gasteiger partial charge in [-0.2, -0.15) is 0 Å². The summed E-state index contributed by atoms with van der Waals surface area (Å²) in [4.78, 5) is 0.520. The molecule has 0 aromatic rings. The third-order valence-electron chi connectivity index (χ3n) is 1.57. The largest absolute Gasteiger partial charge is 0.100 e. The van der Waals surface area contributed by atoms with Gasteiger partial charge in [0.25, 0.3) is 0 Å². The summed E-state index contributed by atoms with van der Waals surface area (Å²) in [5, 5.41) is 0. The summed E-state index contributed by atoms with van der Waals surface area (Å²) in [5.41, 5.74) is 1.26. The number of hydrogen-bond donors (Lipinski definition) is 0. The van der Waals surface area contributed by atoms with Gasteiger partial charge < -0.3 is 0 Å². The van der Waals surface area contributed by atoms with Gasteiger partial charge in [-0.25, -0.2) is 0 Å². The maximum absolute atomic E-state index is 3.87. The van der Waals surface area contributed by atoms with E-state index in [0.29, 0.717) is 4.83 Å². The van der Waals surface area contributed by atoms with Crippen LogP contribution in [0.3, 0.4) is 0 Å². The molecule has 0 spiro atoms. The minimum Gasteiger partial charge on any atom is -0.100 e. The Bertz CT molecular complexity index is 133. The molecule has 0 radical (unpaired) electrons. The van der Waals surface area contributed by atoms with Gasteiger partial charge in [0, 0.05) is 9.15 Å². The fourth-order valence-corrected chi connectivity index (χ4v) is 1.17. The SMILES string of the molecule is C=C(C)CCC(Br)C(C)(C)Br. The zero-order chi connectivity index (χ0) is 9.07. The molecule has 0 fully saturated rings. The van der Waals surface area contributed by atoms with Crippen LogP contribution in [-0.2, 0) is 0 Å². The summed E-state index contributed by atoms with van der Waals surface area (Å²) >= 11 is 7.26. The highest BCUT2D eigenvalue weighted by Crippen LogP contribution is 2.30. The fraction of sp³-hybridized carbons (Fsp3) is 0.778. The van der Waals surface area contributed by atoms with Gasteiger partial charge in [0.05, 0.1) is 0 Å². The summed E-state index contributed by atoms with van der Waals surface area (Å²) in [6.07, 6.45) is 2.25. The molecule has 0 aromatic carbocycles. The average Bonchev–Trinajstić information content (AvgIpc) is 1.80. The molecular weight excluding hydrogens is 268 g/mol. The van der Waals surface area contributed by atoms with Crippen LogP contribution in [0.4, 0.5) is 0 Å². The predicted molar refractivity (Wildman–Crippen MR) is 59.8 cm³/mol. The van der Waals surface area contributed by atoms with Crippen LogP contribution in [0.5, 0.6) is 0 Å². The van der Waals surface area contributed by atoms with Crippen molar-refractivity contribution in [1.29, 1.82) is 0 Å². The van der Waals surface area contributed by atoms with E-state index < -0.39 is 0 Å². The standard InChI is InChI=1S/C9H16Br2/c1-7(2)5-6-8(10)9(3,4)11/h8H,1,5-6H2,2-4H3. The summed E-state index contributed by atoms with van der Waals surface area (Å²) in [7, 11) is 0.